The van der Waals surface area contributed by atoms with Crippen molar-refractivity contribution in [1.82, 2.24) is 0 Å². The number of benzene rings is 3. The zero-order chi connectivity index (χ0) is 27.6. The van der Waals surface area contributed by atoms with Crippen LogP contribution in [0.1, 0.15) is 86.8 Å². The maximum Gasteiger partial charge on any atom is 0.400 e. The highest BCUT2D eigenvalue weighted by molar-refractivity contribution is 5.66. The summed E-state index contributed by atoms with van der Waals surface area (Å²) >= 11 is 0. The predicted octanol–water partition coefficient (Wildman–Crippen LogP) is 9.74. The van der Waals surface area contributed by atoms with E-state index in [1.807, 2.05) is 0 Å². The van der Waals surface area contributed by atoms with Crippen LogP contribution < -0.4 is 4.74 Å². The molecular weight excluding hydrogens is 502 g/mol. The average molecular weight is 536 g/mol. The molecule has 0 aliphatic heterocycles. The molecule has 0 aromatic heterocycles. The molecule has 2 aliphatic carbocycles. The Labute approximate surface area is 227 Å². The van der Waals surface area contributed by atoms with E-state index in [1.54, 1.807) is 6.07 Å². The Hall–Kier alpha value is -3.33. The summed E-state index contributed by atoms with van der Waals surface area (Å²) in [5, 5.41) is 8.87. The maximum absolute atomic E-state index is 15.1. The highest BCUT2D eigenvalue weighted by Gasteiger charge is 2.44. The van der Waals surface area contributed by atoms with Gasteiger partial charge in [0, 0.05) is 11.6 Å². The molecule has 3 aromatic rings. The molecule has 2 aliphatic rings. The highest BCUT2D eigenvalue weighted by Crippen LogP contribution is 2.44. The lowest BCUT2D eigenvalue weighted by Gasteiger charge is -2.33. The summed E-state index contributed by atoms with van der Waals surface area (Å²) in [5.41, 5.74) is 2.70. The van der Waals surface area contributed by atoms with Crippen LogP contribution >= 0.6 is 0 Å². The van der Waals surface area contributed by atoms with Gasteiger partial charge in [-0.05, 0) is 97.2 Å². The van der Waals surface area contributed by atoms with Gasteiger partial charge in [0.1, 0.15) is 23.5 Å². The Bertz CT molecular complexity index is 1330. The summed E-state index contributed by atoms with van der Waals surface area (Å²) in [4.78, 5) is 0. The SMILES string of the molecule is CC1CCC(c2ccc(C3CCC(C(F)(F)Oc4ccc(-c5ccc(C#N)c(F)c5)c(F)c4)CC3)cc2)CC1. The average Bonchev–Trinajstić information content (AvgIpc) is 2.93. The topological polar surface area (TPSA) is 33.0 Å². The Morgan fingerprint density at radius 2 is 1.33 bits per heavy atom. The third-order valence-electron chi connectivity index (χ3n) is 8.69. The highest BCUT2D eigenvalue weighted by atomic mass is 19.3. The lowest BCUT2D eigenvalue weighted by Crippen LogP contribution is -2.37. The fourth-order valence-corrected chi connectivity index (χ4v) is 6.20. The largest absolute Gasteiger partial charge is 0.432 e. The molecule has 0 N–H and O–H groups in total. The van der Waals surface area contributed by atoms with Crippen LogP contribution in [0, 0.1) is 34.8 Å². The van der Waals surface area contributed by atoms with Gasteiger partial charge in [0.05, 0.1) is 11.5 Å². The van der Waals surface area contributed by atoms with Crippen LogP contribution in [0.4, 0.5) is 17.6 Å². The number of alkyl halides is 2. The Morgan fingerprint density at radius 3 is 1.87 bits per heavy atom. The summed E-state index contributed by atoms with van der Waals surface area (Å²) < 4.78 is 63.9. The second-order valence-electron chi connectivity index (χ2n) is 11.3. The quantitative estimate of drug-likeness (QED) is 0.294. The zero-order valence-electron chi connectivity index (χ0n) is 22.1. The van der Waals surface area contributed by atoms with E-state index in [0.29, 0.717) is 31.6 Å². The van der Waals surface area contributed by atoms with Gasteiger partial charge in [-0.3, -0.25) is 0 Å². The van der Waals surface area contributed by atoms with E-state index in [1.165, 1.54) is 61.1 Å². The number of rotatable bonds is 6. The molecule has 204 valence electrons. The molecule has 6 heteroatoms. The van der Waals surface area contributed by atoms with E-state index < -0.39 is 23.7 Å². The third-order valence-corrected chi connectivity index (χ3v) is 8.69. The second-order valence-corrected chi connectivity index (χ2v) is 11.3. The van der Waals surface area contributed by atoms with Gasteiger partial charge in [-0.1, -0.05) is 50.1 Å². The number of nitrogens with zero attached hydrogens (tertiary/aromatic N) is 1. The van der Waals surface area contributed by atoms with Crippen LogP contribution in [0.5, 0.6) is 5.75 Å². The van der Waals surface area contributed by atoms with Gasteiger partial charge in [0.15, 0.2) is 0 Å². The van der Waals surface area contributed by atoms with Crippen molar-refractivity contribution >= 4 is 0 Å². The van der Waals surface area contributed by atoms with E-state index in [0.717, 1.165) is 18.1 Å². The summed E-state index contributed by atoms with van der Waals surface area (Å²) in [6, 6.07) is 17.7. The normalized spacial score (nSPS) is 23.7. The van der Waals surface area contributed by atoms with E-state index in [2.05, 4.69) is 31.2 Å². The summed E-state index contributed by atoms with van der Waals surface area (Å²) in [7, 11) is 0. The van der Waals surface area contributed by atoms with Crippen molar-refractivity contribution in [2.75, 3.05) is 0 Å². The van der Waals surface area contributed by atoms with Gasteiger partial charge in [0.2, 0.25) is 0 Å². The molecule has 0 bridgehead atoms. The molecule has 2 saturated carbocycles. The lowest BCUT2D eigenvalue weighted by atomic mass is 9.76. The van der Waals surface area contributed by atoms with Crippen LogP contribution in [-0.4, -0.2) is 6.11 Å². The van der Waals surface area contributed by atoms with Crippen molar-refractivity contribution in [3.8, 4) is 22.9 Å². The molecule has 2 fully saturated rings. The van der Waals surface area contributed by atoms with Crippen LogP contribution in [0.2, 0.25) is 0 Å². The van der Waals surface area contributed by atoms with Crippen LogP contribution in [0.3, 0.4) is 0 Å². The first-order chi connectivity index (χ1) is 18.7. The van der Waals surface area contributed by atoms with Crippen LogP contribution in [0.25, 0.3) is 11.1 Å². The monoisotopic (exact) mass is 535 g/mol. The Morgan fingerprint density at radius 1 is 0.744 bits per heavy atom. The van der Waals surface area contributed by atoms with Gasteiger partial charge < -0.3 is 4.74 Å². The number of ether oxygens (including phenoxy) is 1. The van der Waals surface area contributed by atoms with Crippen molar-refractivity contribution in [2.24, 2.45) is 11.8 Å². The predicted molar refractivity (Wildman–Crippen MR) is 144 cm³/mol. The zero-order valence-corrected chi connectivity index (χ0v) is 22.1. The van der Waals surface area contributed by atoms with Gasteiger partial charge in [-0.15, -0.1) is 0 Å². The second kappa shape index (κ2) is 11.4. The summed E-state index contributed by atoms with van der Waals surface area (Å²) in [6.45, 7) is 2.32. The third kappa shape index (κ3) is 6.13. The first-order valence-corrected chi connectivity index (χ1v) is 13.9. The maximum atomic E-state index is 15.1. The Balaban J connectivity index is 1.18. The van der Waals surface area contributed by atoms with E-state index in [4.69, 9.17) is 10.00 Å². The van der Waals surface area contributed by atoms with Crippen molar-refractivity contribution in [2.45, 2.75) is 76.2 Å². The molecule has 0 heterocycles. The smallest absolute Gasteiger partial charge is 0.400 e. The number of halogens is 4. The molecule has 0 spiro atoms. The van der Waals surface area contributed by atoms with Crippen molar-refractivity contribution in [3.63, 3.8) is 0 Å². The van der Waals surface area contributed by atoms with Crippen LogP contribution in [0.15, 0.2) is 60.7 Å². The molecule has 0 unspecified atom stereocenters. The van der Waals surface area contributed by atoms with Gasteiger partial charge >= 0.3 is 6.11 Å². The van der Waals surface area contributed by atoms with Gasteiger partial charge in [-0.2, -0.15) is 14.0 Å². The fourth-order valence-electron chi connectivity index (χ4n) is 6.20. The molecule has 39 heavy (non-hydrogen) atoms. The Kier molecular flexibility index (Phi) is 7.98. The van der Waals surface area contributed by atoms with Crippen molar-refractivity contribution in [3.05, 3.63) is 89.0 Å². The lowest BCUT2D eigenvalue weighted by molar-refractivity contribution is -0.222. The minimum absolute atomic E-state index is 0.0404. The number of nitriles is 1. The number of hydrogen-bond donors (Lipinski definition) is 0. The molecule has 0 saturated heterocycles. The van der Waals surface area contributed by atoms with Crippen molar-refractivity contribution in [1.29, 1.82) is 5.26 Å². The fraction of sp³-hybridized carbons (Fsp3) is 0.424. The van der Waals surface area contributed by atoms with E-state index in [-0.39, 0.29) is 28.4 Å². The summed E-state index contributed by atoms with van der Waals surface area (Å²) in [5.74, 6) is -1.10. The standard InChI is InChI=1S/C33H33F4NO/c1-21-2-4-22(5-3-21)23-6-8-24(9-7-23)25-12-14-28(15-13-25)33(36,37)39-29-16-17-30(32(35)19-29)26-10-11-27(20-38)31(34)18-26/h6-11,16-19,21-22,25,28H,2-5,12-15H2,1H3. The minimum Gasteiger partial charge on any atom is -0.432 e. The number of hydrogen-bond acceptors (Lipinski definition) is 2. The van der Waals surface area contributed by atoms with Gasteiger partial charge in [-0.25, -0.2) is 8.78 Å². The first-order valence-electron chi connectivity index (χ1n) is 13.9. The molecule has 5 rings (SSSR count). The first kappa shape index (κ1) is 27.2. The molecule has 3 aromatic carbocycles. The molecule has 2 nitrogen and oxygen atoms in total. The minimum atomic E-state index is -3.43. The molecule has 0 amide bonds. The molecular formula is C33H33F4NO. The summed E-state index contributed by atoms with van der Waals surface area (Å²) in [6.07, 6.45) is 3.56. The van der Waals surface area contributed by atoms with E-state index in [9.17, 15) is 8.78 Å². The van der Waals surface area contributed by atoms with E-state index >= 15 is 8.78 Å². The van der Waals surface area contributed by atoms with Gasteiger partial charge in [0.25, 0.3) is 0 Å². The van der Waals surface area contributed by atoms with Crippen molar-refractivity contribution < 1.29 is 22.3 Å². The van der Waals surface area contributed by atoms with Crippen LogP contribution in [-0.2, 0) is 0 Å². The molecule has 0 atom stereocenters. The molecule has 0 radical (unpaired) electrons.